The number of benzene rings is 1. The van der Waals surface area contributed by atoms with Crippen LogP contribution in [0.5, 0.6) is 0 Å². The van der Waals surface area contributed by atoms with E-state index in [1.54, 1.807) is 24.3 Å². The lowest BCUT2D eigenvalue weighted by Gasteiger charge is -1.98. The van der Waals surface area contributed by atoms with E-state index in [9.17, 15) is 9.32 Å². The van der Waals surface area contributed by atoms with Gasteiger partial charge in [0.25, 0.3) is 0 Å². The smallest absolute Gasteiger partial charge is 0.249 e. The van der Waals surface area contributed by atoms with Gasteiger partial charge in [0.05, 0.1) is 5.56 Å². The second-order valence-corrected chi connectivity index (χ2v) is 2.81. The minimum atomic E-state index is -0.942. The minimum absolute atomic E-state index is 0.238. The van der Waals surface area contributed by atoms with E-state index in [-0.39, 0.29) is 5.56 Å². The van der Waals surface area contributed by atoms with Gasteiger partial charge in [0.15, 0.2) is 0 Å². The molecule has 1 aromatic rings. The van der Waals surface area contributed by atoms with Gasteiger partial charge in [-0.3, -0.25) is 0 Å². The van der Waals surface area contributed by atoms with Crippen LogP contribution in [0.25, 0.3) is 0 Å². The van der Waals surface area contributed by atoms with Gasteiger partial charge in [-0.1, -0.05) is 25.5 Å². The standard InChI is InChI=1S/C10H11FO2/c1-2-3-8-4-6-9(7-5-8)10(12)13-11/h4-7H,2-3H2,1H3. The summed E-state index contributed by atoms with van der Waals surface area (Å²) in [7, 11) is 0. The Balaban J connectivity index is 2.75. The molecule has 0 heterocycles. The molecule has 1 aromatic carbocycles. The molecule has 0 aliphatic heterocycles. The molecule has 0 saturated carbocycles. The molecule has 0 spiro atoms. The van der Waals surface area contributed by atoms with E-state index in [2.05, 4.69) is 11.9 Å². The molecule has 0 atom stereocenters. The third-order valence-corrected chi connectivity index (χ3v) is 1.80. The largest absolute Gasteiger partial charge is 0.379 e. The van der Waals surface area contributed by atoms with E-state index in [4.69, 9.17) is 0 Å². The number of carbonyl (C=O) groups is 1. The van der Waals surface area contributed by atoms with E-state index in [0.29, 0.717) is 0 Å². The summed E-state index contributed by atoms with van der Waals surface area (Å²) in [5.74, 6) is -0.942. The van der Waals surface area contributed by atoms with Crippen LogP contribution in [0.3, 0.4) is 0 Å². The van der Waals surface area contributed by atoms with Gasteiger partial charge < -0.3 is 0 Å². The van der Waals surface area contributed by atoms with Gasteiger partial charge >= 0.3 is 5.97 Å². The maximum atomic E-state index is 11.5. The third kappa shape index (κ3) is 2.54. The monoisotopic (exact) mass is 182 g/mol. The van der Waals surface area contributed by atoms with Crippen molar-refractivity contribution in [3.8, 4) is 0 Å². The number of aryl methyl sites for hydroxylation is 1. The molecule has 0 saturated heterocycles. The SMILES string of the molecule is CCCc1ccc(C(=O)OF)cc1. The molecule has 1 rings (SSSR count). The highest BCUT2D eigenvalue weighted by Crippen LogP contribution is 2.07. The van der Waals surface area contributed by atoms with Crippen molar-refractivity contribution in [1.29, 1.82) is 0 Å². The zero-order valence-electron chi connectivity index (χ0n) is 7.42. The van der Waals surface area contributed by atoms with Crippen molar-refractivity contribution in [2.24, 2.45) is 0 Å². The van der Waals surface area contributed by atoms with Crippen LogP contribution in [-0.2, 0) is 11.4 Å². The highest BCUT2D eigenvalue weighted by molar-refractivity contribution is 5.88. The van der Waals surface area contributed by atoms with Crippen molar-refractivity contribution in [3.05, 3.63) is 35.4 Å². The number of hydrogen-bond acceptors (Lipinski definition) is 2. The van der Waals surface area contributed by atoms with Gasteiger partial charge in [-0.05, 0) is 24.1 Å². The summed E-state index contributed by atoms with van der Waals surface area (Å²) in [4.78, 5) is 13.8. The van der Waals surface area contributed by atoms with Crippen molar-refractivity contribution in [1.82, 2.24) is 0 Å². The van der Waals surface area contributed by atoms with Crippen molar-refractivity contribution in [3.63, 3.8) is 0 Å². The summed E-state index contributed by atoms with van der Waals surface area (Å²) >= 11 is 0. The second kappa shape index (κ2) is 4.60. The summed E-state index contributed by atoms with van der Waals surface area (Å²) in [5.41, 5.74) is 1.38. The Bertz CT molecular complexity index is 279. The summed E-state index contributed by atoms with van der Waals surface area (Å²) < 4.78 is 11.5. The lowest BCUT2D eigenvalue weighted by molar-refractivity contribution is -0.0788. The molecule has 70 valence electrons. The maximum absolute atomic E-state index is 11.5. The van der Waals surface area contributed by atoms with E-state index < -0.39 is 5.97 Å². The van der Waals surface area contributed by atoms with Crippen molar-refractivity contribution >= 4 is 5.97 Å². The van der Waals surface area contributed by atoms with Crippen LogP contribution in [0, 0.1) is 0 Å². The van der Waals surface area contributed by atoms with E-state index in [1.165, 1.54) is 0 Å². The molecule has 0 aliphatic carbocycles. The molecule has 13 heavy (non-hydrogen) atoms. The normalized spacial score (nSPS) is 9.69. The van der Waals surface area contributed by atoms with Crippen LogP contribution in [0.4, 0.5) is 4.53 Å². The van der Waals surface area contributed by atoms with Crippen LogP contribution in [-0.4, -0.2) is 5.97 Å². The average Bonchev–Trinajstić information content (AvgIpc) is 2.18. The molecule has 0 fully saturated rings. The Hall–Kier alpha value is -1.38. The van der Waals surface area contributed by atoms with Crippen LogP contribution >= 0.6 is 0 Å². The predicted molar refractivity (Wildman–Crippen MR) is 47.0 cm³/mol. The molecule has 2 nitrogen and oxygen atoms in total. The lowest BCUT2D eigenvalue weighted by Crippen LogP contribution is -1.98. The first-order chi connectivity index (χ1) is 6.27. The van der Waals surface area contributed by atoms with Gasteiger partial charge in [-0.15, -0.1) is 0 Å². The Morgan fingerprint density at radius 1 is 1.38 bits per heavy atom. The molecule has 0 radical (unpaired) electrons. The molecule has 3 heteroatoms. The minimum Gasteiger partial charge on any atom is -0.249 e. The first-order valence-electron chi connectivity index (χ1n) is 4.19. The molecule has 0 aliphatic rings. The van der Waals surface area contributed by atoms with Crippen LogP contribution < -0.4 is 0 Å². The van der Waals surface area contributed by atoms with E-state index in [0.717, 1.165) is 18.4 Å². The fourth-order valence-electron chi connectivity index (χ4n) is 1.14. The van der Waals surface area contributed by atoms with Crippen LogP contribution in [0.2, 0.25) is 0 Å². The average molecular weight is 182 g/mol. The third-order valence-electron chi connectivity index (χ3n) is 1.80. The fraction of sp³-hybridized carbons (Fsp3) is 0.300. The van der Waals surface area contributed by atoms with Crippen molar-refractivity contribution in [2.45, 2.75) is 19.8 Å². The first-order valence-corrected chi connectivity index (χ1v) is 4.19. The number of halogens is 1. The highest BCUT2D eigenvalue weighted by Gasteiger charge is 2.06. The van der Waals surface area contributed by atoms with E-state index in [1.807, 2.05) is 0 Å². The Labute approximate surface area is 76.2 Å². The molecule has 0 N–H and O–H groups in total. The quantitative estimate of drug-likeness (QED) is 0.718. The number of hydrogen-bond donors (Lipinski definition) is 0. The summed E-state index contributed by atoms with van der Waals surface area (Å²) in [6.45, 7) is 2.07. The Kier molecular flexibility index (Phi) is 3.43. The maximum Gasteiger partial charge on any atom is 0.379 e. The van der Waals surface area contributed by atoms with Gasteiger partial charge in [0, 0.05) is 4.53 Å². The summed E-state index contributed by atoms with van der Waals surface area (Å²) in [5, 5.41) is 0. The zero-order chi connectivity index (χ0) is 9.68. The summed E-state index contributed by atoms with van der Waals surface area (Å²) in [6.07, 6.45) is 2.01. The number of carbonyl (C=O) groups excluding carboxylic acids is 1. The lowest BCUT2D eigenvalue weighted by atomic mass is 10.1. The zero-order valence-corrected chi connectivity index (χ0v) is 7.42. The van der Waals surface area contributed by atoms with Gasteiger partial charge in [-0.25, -0.2) is 9.74 Å². The van der Waals surface area contributed by atoms with Gasteiger partial charge in [0.2, 0.25) is 0 Å². The first kappa shape index (κ1) is 9.71. The Morgan fingerprint density at radius 3 is 2.46 bits per heavy atom. The molecule has 0 amide bonds. The van der Waals surface area contributed by atoms with Crippen LogP contribution in [0.1, 0.15) is 29.3 Å². The van der Waals surface area contributed by atoms with Gasteiger partial charge in [-0.2, -0.15) is 0 Å². The fourth-order valence-corrected chi connectivity index (χ4v) is 1.14. The number of rotatable bonds is 3. The highest BCUT2D eigenvalue weighted by atomic mass is 19.3. The van der Waals surface area contributed by atoms with Crippen LogP contribution in [0.15, 0.2) is 24.3 Å². The molecule has 0 unspecified atom stereocenters. The topological polar surface area (TPSA) is 26.3 Å². The predicted octanol–water partition coefficient (Wildman–Crippen LogP) is 2.68. The molecular weight excluding hydrogens is 171 g/mol. The summed E-state index contributed by atoms with van der Waals surface area (Å²) in [6, 6.07) is 6.73. The molecule has 0 aromatic heterocycles. The second-order valence-electron chi connectivity index (χ2n) is 2.81. The van der Waals surface area contributed by atoms with Gasteiger partial charge in [0.1, 0.15) is 0 Å². The van der Waals surface area contributed by atoms with E-state index >= 15 is 0 Å². The molecule has 0 bridgehead atoms. The van der Waals surface area contributed by atoms with Crippen molar-refractivity contribution < 1.29 is 14.3 Å². The molecular formula is C10H11FO2. The van der Waals surface area contributed by atoms with Crippen molar-refractivity contribution in [2.75, 3.05) is 0 Å². The Morgan fingerprint density at radius 2 is 2.00 bits per heavy atom.